The van der Waals surface area contributed by atoms with Gasteiger partial charge in [0.25, 0.3) is 0 Å². The summed E-state index contributed by atoms with van der Waals surface area (Å²) < 4.78 is 5.86. The molecule has 0 saturated heterocycles. The Bertz CT molecular complexity index is 825. The predicted molar refractivity (Wildman–Crippen MR) is 85.6 cm³/mol. The summed E-state index contributed by atoms with van der Waals surface area (Å²) in [5.74, 6) is 0.552. The van der Waals surface area contributed by atoms with E-state index in [4.69, 9.17) is 4.42 Å². The van der Waals surface area contributed by atoms with Crippen LogP contribution in [-0.4, -0.2) is 29.0 Å². The molecular formula is C16H18N4O2. The molecule has 2 aromatic heterocycles. The predicted octanol–water partition coefficient (Wildman–Crippen LogP) is 2.56. The Labute approximate surface area is 127 Å². The van der Waals surface area contributed by atoms with E-state index in [2.05, 4.69) is 20.6 Å². The highest BCUT2D eigenvalue weighted by Crippen LogP contribution is 2.30. The van der Waals surface area contributed by atoms with Gasteiger partial charge in [-0.15, -0.1) is 0 Å². The lowest BCUT2D eigenvalue weighted by molar-refractivity contribution is -0.122. The molecule has 1 amide bonds. The van der Waals surface area contributed by atoms with Gasteiger partial charge in [0, 0.05) is 12.4 Å². The number of hydrogen-bond donors (Lipinski definition) is 2. The van der Waals surface area contributed by atoms with Crippen LogP contribution in [0.25, 0.3) is 22.1 Å². The highest BCUT2D eigenvalue weighted by molar-refractivity contribution is 6.05. The first-order valence-corrected chi connectivity index (χ1v) is 7.22. The Morgan fingerprint density at radius 1 is 1.23 bits per heavy atom. The summed E-state index contributed by atoms with van der Waals surface area (Å²) >= 11 is 0. The molecule has 0 aliphatic heterocycles. The van der Waals surface area contributed by atoms with Crippen LogP contribution < -0.4 is 10.6 Å². The minimum absolute atomic E-state index is 0.0853. The zero-order chi connectivity index (χ0) is 15.7. The topological polar surface area (TPSA) is 80.0 Å². The monoisotopic (exact) mass is 298 g/mol. The van der Waals surface area contributed by atoms with Gasteiger partial charge in [0.15, 0.2) is 11.4 Å². The van der Waals surface area contributed by atoms with Crippen molar-refractivity contribution in [3.05, 3.63) is 30.6 Å². The van der Waals surface area contributed by atoms with Crippen molar-refractivity contribution in [1.29, 1.82) is 0 Å². The second-order valence-electron chi connectivity index (χ2n) is 5.48. The van der Waals surface area contributed by atoms with Crippen molar-refractivity contribution >= 4 is 33.8 Å². The second kappa shape index (κ2) is 5.63. The third kappa shape index (κ3) is 2.36. The van der Waals surface area contributed by atoms with Gasteiger partial charge in [-0.05, 0) is 18.1 Å². The zero-order valence-corrected chi connectivity index (χ0v) is 12.8. The quantitative estimate of drug-likeness (QED) is 0.773. The van der Waals surface area contributed by atoms with Crippen LogP contribution in [0.2, 0.25) is 0 Å². The van der Waals surface area contributed by atoms with Crippen LogP contribution in [0.15, 0.2) is 35.0 Å². The number of aromatic nitrogens is 2. The molecule has 0 radical (unpaired) electrons. The number of amides is 1. The van der Waals surface area contributed by atoms with Gasteiger partial charge < -0.3 is 15.1 Å². The minimum Gasteiger partial charge on any atom is -0.450 e. The lowest BCUT2D eigenvalue weighted by Gasteiger charge is -2.20. The van der Waals surface area contributed by atoms with Crippen LogP contribution in [0.5, 0.6) is 0 Å². The van der Waals surface area contributed by atoms with Crippen molar-refractivity contribution in [2.24, 2.45) is 5.92 Å². The summed E-state index contributed by atoms with van der Waals surface area (Å²) in [6.07, 6.45) is 1.48. The minimum atomic E-state index is -0.392. The Kier molecular flexibility index (Phi) is 3.66. The van der Waals surface area contributed by atoms with Crippen LogP contribution in [0.4, 0.5) is 5.82 Å². The number of carbonyl (C=O) groups excluding carboxylic acids is 1. The number of rotatable bonds is 4. The molecule has 0 aliphatic rings. The van der Waals surface area contributed by atoms with Crippen molar-refractivity contribution in [3.8, 4) is 0 Å². The van der Waals surface area contributed by atoms with Crippen LogP contribution in [0.3, 0.4) is 0 Å². The first-order valence-electron chi connectivity index (χ1n) is 7.22. The summed E-state index contributed by atoms with van der Waals surface area (Å²) in [6.45, 7) is 3.95. The highest BCUT2D eigenvalue weighted by atomic mass is 16.3. The molecule has 3 rings (SSSR count). The largest absolute Gasteiger partial charge is 0.450 e. The summed E-state index contributed by atoms with van der Waals surface area (Å²) in [4.78, 5) is 20.6. The maximum Gasteiger partial charge on any atom is 0.242 e. The number of likely N-dealkylation sites (N-methyl/N-ethyl adjacent to an activating group) is 1. The number of benzene rings is 1. The van der Waals surface area contributed by atoms with Gasteiger partial charge >= 0.3 is 0 Å². The maximum atomic E-state index is 12.0. The molecule has 114 valence electrons. The summed E-state index contributed by atoms with van der Waals surface area (Å²) in [7, 11) is 1.62. The zero-order valence-electron chi connectivity index (χ0n) is 12.8. The summed E-state index contributed by atoms with van der Waals surface area (Å²) in [5, 5.41) is 6.78. The fraction of sp³-hybridized carbons (Fsp3) is 0.312. The first kappa shape index (κ1) is 14.3. The molecule has 0 spiro atoms. The van der Waals surface area contributed by atoms with Gasteiger partial charge in [-0.25, -0.2) is 9.97 Å². The van der Waals surface area contributed by atoms with Crippen LogP contribution in [0.1, 0.15) is 13.8 Å². The number of furan rings is 1. The Balaban J connectivity index is 2.09. The smallest absolute Gasteiger partial charge is 0.242 e. The Hall–Kier alpha value is -2.63. The molecular weight excluding hydrogens is 280 g/mol. The molecule has 0 fully saturated rings. The lowest BCUT2D eigenvalue weighted by atomic mass is 10.0. The number of nitrogens with zero attached hydrogens (tertiary/aromatic N) is 2. The molecule has 2 N–H and O–H groups in total. The molecule has 0 aliphatic carbocycles. The van der Waals surface area contributed by atoms with Crippen molar-refractivity contribution < 1.29 is 9.21 Å². The fourth-order valence-corrected chi connectivity index (χ4v) is 2.46. The molecule has 1 atom stereocenters. The van der Waals surface area contributed by atoms with Gasteiger partial charge in [0.1, 0.15) is 23.5 Å². The van der Waals surface area contributed by atoms with E-state index >= 15 is 0 Å². The number of carbonyl (C=O) groups is 1. The number of nitrogens with one attached hydrogen (secondary N) is 2. The first-order chi connectivity index (χ1) is 10.6. The highest BCUT2D eigenvalue weighted by Gasteiger charge is 2.23. The molecule has 1 aromatic carbocycles. The molecule has 22 heavy (non-hydrogen) atoms. The second-order valence-corrected chi connectivity index (χ2v) is 5.48. The molecule has 1 unspecified atom stereocenters. The average molecular weight is 298 g/mol. The molecule has 6 heteroatoms. The number of anilines is 1. The van der Waals surface area contributed by atoms with Gasteiger partial charge in [-0.1, -0.05) is 26.0 Å². The number of hydrogen-bond acceptors (Lipinski definition) is 5. The average Bonchev–Trinajstić information content (AvgIpc) is 2.91. The van der Waals surface area contributed by atoms with E-state index in [0.717, 1.165) is 16.5 Å². The molecule has 0 bridgehead atoms. The number of fused-ring (bicyclic) bond motifs is 3. The fourth-order valence-electron chi connectivity index (χ4n) is 2.46. The Morgan fingerprint density at radius 2 is 2.00 bits per heavy atom. The van der Waals surface area contributed by atoms with E-state index in [9.17, 15) is 4.79 Å². The van der Waals surface area contributed by atoms with Gasteiger partial charge in [-0.3, -0.25) is 4.79 Å². The van der Waals surface area contributed by atoms with E-state index in [1.54, 1.807) is 7.05 Å². The van der Waals surface area contributed by atoms with Crippen molar-refractivity contribution in [2.45, 2.75) is 19.9 Å². The van der Waals surface area contributed by atoms with Crippen LogP contribution in [-0.2, 0) is 4.79 Å². The third-order valence-corrected chi connectivity index (χ3v) is 3.65. The third-order valence-electron chi connectivity index (χ3n) is 3.65. The van der Waals surface area contributed by atoms with Crippen LogP contribution in [0, 0.1) is 5.92 Å². The van der Waals surface area contributed by atoms with E-state index in [-0.39, 0.29) is 11.8 Å². The Morgan fingerprint density at radius 3 is 2.73 bits per heavy atom. The number of para-hydroxylation sites is 1. The van der Waals surface area contributed by atoms with E-state index in [1.807, 2.05) is 38.1 Å². The lowest BCUT2D eigenvalue weighted by Crippen LogP contribution is -2.41. The SMILES string of the molecule is CNC(=O)C(Nc1ncnc2c1oc1ccccc12)C(C)C. The van der Waals surface area contributed by atoms with Crippen molar-refractivity contribution in [3.63, 3.8) is 0 Å². The standard InChI is InChI=1S/C16H18N4O2/c1-9(2)12(16(21)17-3)20-15-14-13(18-8-19-15)10-6-4-5-7-11(10)22-14/h4-9,12H,1-3H3,(H,17,21)(H,18,19,20). The summed E-state index contributed by atoms with van der Waals surface area (Å²) in [5.41, 5.74) is 2.06. The normalized spacial score (nSPS) is 12.7. The molecule has 3 aromatic rings. The molecule has 0 saturated carbocycles. The molecule has 6 nitrogen and oxygen atoms in total. The molecule has 2 heterocycles. The van der Waals surface area contributed by atoms with Gasteiger partial charge in [0.05, 0.1) is 0 Å². The van der Waals surface area contributed by atoms with E-state index < -0.39 is 6.04 Å². The van der Waals surface area contributed by atoms with Gasteiger partial charge in [0.2, 0.25) is 5.91 Å². The van der Waals surface area contributed by atoms with Gasteiger partial charge in [-0.2, -0.15) is 0 Å². The van der Waals surface area contributed by atoms with E-state index in [0.29, 0.717) is 11.4 Å². The van der Waals surface area contributed by atoms with Crippen molar-refractivity contribution in [1.82, 2.24) is 15.3 Å². The maximum absolute atomic E-state index is 12.0. The summed E-state index contributed by atoms with van der Waals surface area (Å²) in [6, 6.07) is 7.30. The van der Waals surface area contributed by atoms with Crippen molar-refractivity contribution in [2.75, 3.05) is 12.4 Å². The van der Waals surface area contributed by atoms with E-state index in [1.165, 1.54) is 6.33 Å². The van der Waals surface area contributed by atoms with Crippen LogP contribution >= 0.6 is 0 Å².